The molecule has 0 radical (unpaired) electrons. The highest BCUT2D eigenvalue weighted by Crippen LogP contribution is 2.26. The summed E-state index contributed by atoms with van der Waals surface area (Å²) in [6, 6.07) is 2.04. The Bertz CT molecular complexity index is 496. The van der Waals surface area contributed by atoms with Crippen LogP contribution >= 0.6 is 0 Å². The third kappa shape index (κ3) is 4.54. The van der Waals surface area contributed by atoms with Gasteiger partial charge in [-0.3, -0.25) is 0 Å². The maximum Gasteiger partial charge on any atom is 0.222 e. The van der Waals surface area contributed by atoms with Gasteiger partial charge in [0.15, 0.2) is 0 Å². The van der Waals surface area contributed by atoms with Crippen molar-refractivity contribution in [2.45, 2.75) is 38.5 Å². The first-order chi connectivity index (χ1) is 11.2. The number of likely N-dealkylation sites (tertiary alicyclic amines) is 1. The lowest BCUT2D eigenvalue weighted by molar-refractivity contribution is 0.189. The van der Waals surface area contributed by atoms with Crippen LogP contribution in [0.1, 0.15) is 44.2 Å². The van der Waals surface area contributed by atoms with Gasteiger partial charge in [0, 0.05) is 25.1 Å². The second-order valence-corrected chi connectivity index (χ2v) is 6.69. The molecule has 6 nitrogen and oxygen atoms in total. The summed E-state index contributed by atoms with van der Waals surface area (Å²) in [4.78, 5) is 11.2. The Kier molecular flexibility index (Phi) is 5.67. The minimum atomic E-state index is 0.355. The van der Waals surface area contributed by atoms with Gasteiger partial charge in [-0.15, -0.1) is 0 Å². The summed E-state index contributed by atoms with van der Waals surface area (Å²) in [5.41, 5.74) is 6.87. The zero-order valence-electron chi connectivity index (χ0n) is 14.1. The molecule has 2 aliphatic rings. The van der Waals surface area contributed by atoms with Gasteiger partial charge in [0.2, 0.25) is 5.95 Å². The molecule has 2 aliphatic heterocycles. The van der Waals surface area contributed by atoms with E-state index in [-0.39, 0.29) is 0 Å². The fraction of sp³-hybridized carbons (Fsp3) is 0.765. The highest BCUT2D eigenvalue weighted by Gasteiger charge is 2.21. The van der Waals surface area contributed by atoms with Crippen molar-refractivity contribution in [2.75, 3.05) is 50.4 Å². The van der Waals surface area contributed by atoms with Crippen LogP contribution in [0.3, 0.4) is 0 Å². The molecule has 6 heteroatoms. The fourth-order valence-electron chi connectivity index (χ4n) is 3.55. The van der Waals surface area contributed by atoms with E-state index in [1.807, 2.05) is 6.07 Å². The first-order valence-electron chi connectivity index (χ1n) is 8.93. The Hall–Kier alpha value is -1.40. The van der Waals surface area contributed by atoms with Crippen LogP contribution in [-0.2, 0) is 4.74 Å². The van der Waals surface area contributed by atoms with Crippen molar-refractivity contribution in [1.82, 2.24) is 14.9 Å². The molecule has 1 atom stereocenters. The Balaban J connectivity index is 1.48. The van der Waals surface area contributed by atoms with Crippen molar-refractivity contribution in [1.29, 1.82) is 0 Å². The third-order valence-electron chi connectivity index (χ3n) is 5.12. The first-order valence-corrected chi connectivity index (χ1v) is 8.93. The van der Waals surface area contributed by atoms with Crippen LogP contribution in [0.25, 0.3) is 0 Å². The minimum absolute atomic E-state index is 0.355. The maximum atomic E-state index is 5.86. The molecule has 1 aromatic heterocycles. The number of piperidine rings is 1. The molecule has 128 valence electrons. The number of hydrogen-bond donors (Lipinski definition) is 2. The van der Waals surface area contributed by atoms with Gasteiger partial charge >= 0.3 is 0 Å². The van der Waals surface area contributed by atoms with Crippen LogP contribution < -0.4 is 11.1 Å². The Morgan fingerprint density at radius 1 is 1.30 bits per heavy atom. The number of anilines is 2. The zero-order valence-corrected chi connectivity index (χ0v) is 14.1. The summed E-state index contributed by atoms with van der Waals surface area (Å²) in [6.45, 7) is 8.42. The lowest BCUT2D eigenvalue weighted by Gasteiger charge is -2.31. The predicted octanol–water partition coefficient (Wildman–Crippen LogP) is 2.10. The lowest BCUT2D eigenvalue weighted by atomic mass is 9.93. The monoisotopic (exact) mass is 319 g/mol. The van der Waals surface area contributed by atoms with Gasteiger partial charge in [0.1, 0.15) is 5.82 Å². The largest absolute Gasteiger partial charge is 0.381 e. The number of nitrogens with zero attached hydrogens (tertiary/aromatic N) is 3. The second-order valence-electron chi connectivity index (χ2n) is 6.69. The van der Waals surface area contributed by atoms with E-state index in [0.29, 0.717) is 11.9 Å². The van der Waals surface area contributed by atoms with Crippen LogP contribution in [0.5, 0.6) is 0 Å². The van der Waals surface area contributed by atoms with Gasteiger partial charge < -0.3 is 20.7 Å². The molecule has 1 aromatic rings. The van der Waals surface area contributed by atoms with Crippen LogP contribution in [0, 0.1) is 5.92 Å². The van der Waals surface area contributed by atoms with Crippen molar-refractivity contribution in [3.63, 3.8) is 0 Å². The minimum Gasteiger partial charge on any atom is -0.381 e. The van der Waals surface area contributed by atoms with E-state index in [2.05, 4.69) is 27.1 Å². The average Bonchev–Trinajstić information content (AvgIpc) is 3.09. The van der Waals surface area contributed by atoms with E-state index < -0.39 is 0 Å². The van der Waals surface area contributed by atoms with Crippen LogP contribution in [0.15, 0.2) is 6.07 Å². The summed E-state index contributed by atoms with van der Waals surface area (Å²) >= 11 is 0. The van der Waals surface area contributed by atoms with Crippen LogP contribution in [0.4, 0.5) is 11.8 Å². The average molecular weight is 319 g/mol. The molecule has 23 heavy (non-hydrogen) atoms. The van der Waals surface area contributed by atoms with Crippen molar-refractivity contribution in [3.8, 4) is 0 Å². The number of aromatic nitrogens is 2. The van der Waals surface area contributed by atoms with Crippen molar-refractivity contribution in [3.05, 3.63) is 11.8 Å². The molecular weight excluding hydrogens is 290 g/mol. The van der Waals surface area contributed by atoms with E-state index in [9.17, 15) is 0 Å². The molecular formula is C17H29N5O. The quantitative estimate of drug-likeness (QED) is 0.836. The van der Waals surface area contributed by atoms with E-state index >= 15 is 0 Å². The van der Waals surface area contributed by atoms with Gasteiger partial charge in [-0.2, -0.15) is 4.98 Å². The number of nitrogens with one attached hydrogen (secondary N) is 1. The summed E-state index contributed by atoms with van der Waals surface area (Å²) in [6.07, 6.45) is 4.84. The smallest absolute Gasteiger partial charge is 0.222 e. The standard InChI is InChI=1S/C17H29N5O/c1-2-22-8-4-13(5-9-22)3-7-19-16-11-15(20-17(18)21-16)14-6-10-23-12-14/h11,13-14H,2-10,12H2,1H3,(H3,18,19,20,21)/t14-/m0/s1. The van der Waals surface area contributed by atoms with Crippen LogP contribution in [0.2, 0.25) is 0 Å². The van der Waals surface area contributed by atoms with Gasteiger partial charge in [-0.25, -0.2) is 4.98 Å². The summed E-state index contributed by atoms with van der Waals surface area (Å²) in [7, 11) is 0. The molecule has 3 rings (SSSR count). The molecule has 0 saturated carbocycles. The molecule has 0 bridgehead atoms. The second kappa shape index (κ2) is 7.93. The molecule has 0 spiro atoms. The molecule has 0 amide bonds. The summed E-state index contributed by atoms with van der Waals surface area (Å²) < 4.78 is 5.44. The number of rotatable bonds is 6. The van der Waals surface area contributed by atoms with Gasteiger partial charge in [0.05, 0.1) is 12.3 Å². The fourth-order valence-corrected chi connectivity index (χ4v) is 3.55. The topological polar surface area (TPSA) is 76.3 Å². The van der Waals surface area contributed by atoms with Crippen molar-refractivity contribution in [2.24, 2.45) is 5.92 Å². The predicted molar refractivity (Wildman–Crippen MR) is 92.6 cm³/mol. The molecule has 0 aliphatic carbocycles. The molecule has 3 heterocycles. The van der Waals surface area contributed by atoms with Crippen molar-refractivity contribution < 1.29 is 4.74 Å². The Morgan fingerprint density at radius 2 is 2.13 bits per heavy atom. The normalized spacial score (nSPS) is 23.3. The molecule has 2 saturated heterocycles. The molecule has 0 unspecified atom stereocenters. The van der Waals surface area contributed by atoms with Crippen LogP contribution in [-0.4, -0.2) is 54.3 Å². The first kappa shape index (κ1) is 16.5. The molecule has 2 fully saturated rings. The molecule has 3 N–H and O–H groups in total. The Morgan fingerprint density at radius 3 is 2.83 bits per heavy atom. The van der Waals surface area contributed by atoms with E-state index in [4.69, 9.17) is 10.5 Å². The lowest BCUT2D eigenvalue weighted by Crippen LogP contribution is -2.33. The summed E-state index contributed by atoms with van der Waals surface area (Å²) in [5.74, 6) is 2.39. The SMILES string of the molecule is CCN1CCC(CCNc2cc([C@H]3CCOC3)nc(N)n2)CC1. The third-order valence-corrected chi connectivity index (χ3v) is 5.12. The van der Waals surface area contributed by atoms with Gasteiger partial charge in [0.25, 0.3) is 0 Å². The van der Waals surface area contributed by atoms with E-state index in [1.165, 1.54) is 38.9 Å². The number of nitrogens with two attached hydrogens (primary N) is 1. The van der Waals surface area contributed by atoms with E-state index in [0.717, 1.165) is 43.6 Å². The molecule has 0 aromatic carbocycles. The highest BCUT2D eigenvalue weighted by molar-refractivity contribution is 5.41. The maximum absolute atomic E-state index is 5.86. The van der Waals surface area contributed by atoms with E-state index in [1.54, 1.807) is 0 Å². The number of hydrogen-bond acceptors (Lipinski definition) is 6. The highest BCUT2D eigenvalue weighted by atomic mass is 16.5. The van der Waals surface area contributed by atoms with Gasteiger partial charge in [-0.05, 0) is 51.2 Å². The van der Waals surface area contributed by atoms with Gasteiger partial charge in [-0.1, -0.05) is 6.92 Å². The number of ether oxygens (including phenoxy) is 1. The Labute approximate surface area is 138 Å². The summed E-state index contributed by atoms with van der Waals surface area (Å²) in [5, 5.41) is 3.44. The zero-order chi connectivity index (χ0) is 16.1. The van der Waals surface area contributed by atoms with Crippen molar-refractivity contribution >= 4 is 11.8 Å². The number of nitrogen functional groups attached to an aromatic ring is 1.